The smallest absolute Gasteiger partial charge is 0.336 e. The predicted molar refractivity (Wildman–Crippen MR) is 110 cm³/mol. The third-order valence-corrected chi connectivity index (χ3v) is 5.45. The second-order valence-electron chi connectivity index (χ2n) is 7.32. The van der Waals surface area contributed by atoms with Gasteiger partial charge in [-0.1, -0.05) is 42.5 Å². The van der Waals surface area contributed by atoms with E-state index >= 15 is 0 Å². The van der Waals surface area contributed by atoms with E-state index in [1.807, 2.05) is 13.0 Å². The van der Waals surface area contributed by atoms with Crippen LogP contribution in [0.4, 0.5) is 0 Å². The lowest BCUT2D eigenvalue weighted by Gasteiger charge is -2.14. The molecule has 0 unspecified atom stereocenters. The molecule has 1 aromatic heterocycles. The lowest BCUT2D eigenvalue weighted by atomic mass is 9.99. The summed E-state index contributed by atoms with van der Waals surface area (Å²) >= 11 is 0. The van der Waals surface area contributed by atoms with Gasteiger partial charge < -0.3 is 9.73 Å². The van der Waals surface area contributed by atoms with Crippen molar-refractivity contribution in [3.63, 3.8) is 0 Å². The zero-order valence-electron chi connectivity index (χ0n) is 16.0. The zero-order valence-corrected chi connectivity index (χ0v) is 16.0. The second-order valence-corrected chi connectivity index (χ2v) is 7.32. The first-order valence-corrected chi connectivity index (χ1v) is 9.38. The Hall–Kier alpha value is -2.91. The number of quaternary nitrogens is 1. The van der Waals surface area contributed by atoms with Crippen LogP contribution >= 0.6 is 0 Å². The first-order chi connectivity index (χ1) is 13.0. The fourth-order valence-electron chi connectivity index (χ4n) is 3.73. The van der Waals surface area contributed by atoms with E-state index in [4.69, 9.17) is 4.42 Å². The first-order valence-electron chi connectivity index (χ1n) is 9.38. The van der Waals surface area contributed by atoms with Crippen LogP contribution in [-0.2, 0) is 6.54 Å². The molecule has 1 heterocycles. The molecule has 0 fully saturated rings. The lowest BCUT2D eigenvalue weighted by molar-refractivity contribution is -0.707. The van der Waals surface area contributed by atoms with Crippen LogP contribution < -0.4 is 10.9 Å². The third kappa shape index (κ3) is 3.38. The average molecular weight is 358 g/mol. The van der Waals surface area contributed by atoms with E-state index in [0.717, 1.165) is 23.1 Å². The van der Waals surface area contributed by atoms with Crippen molar-refractivity contribution in [3.05, 3.63) is 93.3 Å². The van der Waals surface area contributed by atoms with Gasteiger partial charge in [-0.3, -0.25) is 0 Å². The molecule has 1 atom stereocenters. The van der Waals surface area contributed by atoms with Gasteiger partial charge in [0.1, 0.15) is 18.2 Å². The average Bonchev–Trinajstić information content (AvgIpc) is 2.66. The highest BCUT2D eigenvalue weighted by Crippen LogP contribution is 2.23. The summed E-state index contributed by atoms with van der Waals surface area (Å²) in [5, 5.41) is 5.85. The van der Waals surface area contributed by atoms with Crippen LogP contribution in [0.15, 0.2) is 69.9 Å². The van der Waals surface area contributed by atoms with Crippen molar-refractivity contribution in [2.75, 3.05) is 0 Å². The molecule has 0 aliphatic rings. The Labute approximate surface area is 158 Å². The van der Waals surface area contributed by atoms with E-state index in [1.165, 1.54) is 21.9 Å². The maximum Gasteiger partial charge on any atom is 0.336 e. The number of aryl methyl sites for hydroxylation is 2. The molecule has 3 nitrogen and oxygen atoms in total. The molecule has 0 saturated carbocycles. The molecule has 0 aliphatic heterocycles. The number of nitrogens with two attached hydrogens (primary N) is 1. The molecular weight excluding hydrogens is 334 g/mol. The van der Waals surface area contributed by atoms with Crippen LogP contribution in [0.3, 0.4) is 0 Å². The summed E-state index contributed by atoms with van der Waals surface area (Å²) in [6, 6.07) is 20.9. The summed E-state index contributed by atoms with van der Waals surface area (Å²) in [6.07, 6.45) is 0. The number of hydrogen-bond donors (Lipinski definition) is 1. The maximum absolute atomic E-state index is 12.0. The molecule has 0 saturated heterocycles. The summed E-state index contributed by atoms with van der Waals surface area (Å²) in [7, 11) is 0. The molecule has 27 heavy (non-hydrogen) atoms. The van der Waals surface area contributed by atoms with Crippen LogP contribution in [0.25, 0.3) is 21.7 Å². The van der Waals surface area contributed by atoms with E-state index < -0.39 is 0 Å². The molecule has 4 aromatic rings. The van der Waals surface area contributed by atoms with Crippen molar-refractivity contribution in [3.8, 4) is 0 Å². The highest BCUT2D eigenvalue weighted by Gasteiger charge is 2.14. The largest absolute Gasteiger partial charge is 0.423 e. The van der Waals surface area contributed by atoms with Crippen LogP contribution in [0.2, 0.25) is 0 Å². The van der Waals surface area contributed by atoms with Crippen LogP contribution in [0.1, 0.15) is 35.2 Å². The Morgan fingerprint density at radius 3 is 2.52 bits per heavy atom. The minimum atomic E-state index is -0.285. The molecule has 3 aromatic carbocycles. The standard InChI is InChI=1S/C24H23NO2/c1-15-11-22-19(13-24(26)27-23(22)12-16(15)2)14-25-17(3)20-10-6-8-18-7-4-5-9-21(18)20/h4-13,17,25H,14H2,1-3H3/p+1/t17-/m1/s1. The van der Waals surface area contributed by atoms with Gasteiger partial charge in [0.25, 0.3) is 0 Å². The quantitative estimate of drug-likeness (QED) is 0.550. The van der Waals surface area contributed by atoms with Crippen molar-refractivity contribution in [1.29, 1.82) is 0 Å². The monoisotopic (exact) mass is 358 g/mol. The van der Waals surface area contributed by atoms with Gasteiger partial charge in [-0.25, -0.2) is 4.79 Å². The Morgan fingerprint density at radius 1 is 0.926 bits per heavy atom. The maximum atomic E-state index is 12.0. The van der Waals surface area contributed by atoms with E-state index in [9.17, 15) is 4.79 Å². The van der Waals surface area contributed by atoms with Crippen molar-refractivity contribution in [2.24, 2.45) is 0 Å². The lowest BCUT2D eigenvalue weighted by Crippen LogP contribution is -2.83. The molecule has 4 rings (SSSR count). The first kappa shape index (κ1) is 17.5. The number of benzene rings is 3. The van der Waals surface area contributed by atoms with Crippen molar-refractivity contribution in [1.82, 2.24) is 0 Å². The predicted octanol–water partition coefficient (Wildman–Crippen LogP) is 4.39. The van der Waals surface area contributed by atoms with Gasteiger partial charge >= 0.3 is 5.63 Å². The third-order valence-electron chi connectivity index (χ3n) is 5.45. The molecule has 0 radical (unpaired) electrons. The van der Waals surface area contributed by atoms with Gasteiger partial charge in [0.05, 0.1) is 0 Å². The SMILES string of the molecule is Cc1cc2oc(=O)cc(C[NH2+][C@H](C)c3cccc4ccccc34)c2cc1C. The van der Waals surface area contributed by atoms with Crippen LogP contribution in [0.5, 0.6) is 0 Å². The minimum absolute atomic E-state index is 0.282. The van der Waals surface area contributed by atoms with Gasteiger partial charge in [0, 0.05) is 22.6 Å². The molecule has 0 amide bonds. The van der Waals surface area contributed by atoms with Gasteiger partial charge in [0.2, 0.25) is 0 Å². The molecule has 2 N–H and O–H groups in total. The van der Waals surface area contributed by atoms with E-state index in [2.05, 4.69) is 67.7 Å². The van der Waals surface area contributed by atoms with Crippen molar-refractivity contribution < 1.29 is 9.73 Å². The highest BCUT2D eigenvalue weighted by molar-refractivity contribution is 5.86. The minimum Gasteiger partial charge on any atom is -0.423 e. The van der Waals surface area contributed by atoms with E-state index in [0.29, 0.717) is 5.58 Å². The number of hydrogen-bond acceptors (Lipinski definition) is 2. The van der Waals surface area contributed by atoms with Gasteiger partial charge in [-0.2, -0.15) is 0 Å². The van der Waals surface area contributed by atoms with Crippen molar-refractivity contribution in [2.45, 2.75) is 33.4 Å². The second kappa shape index (κ2) is 7.01. The summed E-state index contributed by atoms with van der Waals surface area (Å²) < 4.78 is 5.42. The van der Waals surface area contributed by atoms with Gasteiger partial charge in [0.15, 0.2) is 0 Å². The molecular formula is C24H24NO2+. The van der Waals surface area contributed by atoms with Gasteiger partial charge in [-0.05, 0) is 54.8 Å². The Bertz CT molecular complexity index is 1180. The Balaban J connectivity index is 1.67. The molecule has 0 spiro atoms. The summed E-state index contributed by atoms with van der Waals surface area (Å²) in [5.41, 5.74) is 5.07. The normalized spacial score (nSPS) is 12.6. The Morgan fingerprint density at radius 2 is 1.67 bits per heavy atom. The van der Waals surface area contributed by atoms with E-state index in [-0.39, 0.29) is 11.7 Å². The van der Waals surface area contributed by atoms with Crippen LogP contribution in [0, 0.1) is 13.8 Å². The molecule has 3 heteroatoms. The summed E-state index contributed by atoms with van der Waals surface area (Å²) in [5.74, 6) is 0. The van der Waals surface area contributed by atoms with E-state index in [1.54, 1.807) is 6.07 Å². The van der Waals surface area contributed by atoms with Crippen molar-refractivity contribution >= 4 is 21.7 Å². The summed E-state index contributed by atoms with van der Waals surface area (Å²) in [6.45, 7) is 7.07. The topological polar surface area (TPSA) is 46.8 Å². The number of rotatable bonds is 4. The molecule has 136 valence electrons. The zero-order chi connectivity index (χ0) is 19.0. The fraction of sp³-hybridized carbons (Fsp3) is 0.208. The highest BCUT2D eigenvalue weighted by atomic mass is 16.4. The molecule has 0 aliphatic carbocycles. The Kier molecular flexibility index (Phi) is 4.54. The number of fused-ring (bicyclic) bond motifs is 2. The van der Waals surface area contributed by atoms with Crippen LogP contribution in [-0.4, -0.2) is 0 Å². The fourth-order valence-corrected chi connectivity index (χ4v) is 3.73. The molecule has 0 bridgehead atoms. The van der Waals surface area contributed by atoms with Gasteiger partial charge in [-0.15, -0.1) is 0 Å². The summed E-state index contributed by atoms with van der Waals surface area (Å²) in [4.78, 5) is 12.0.